The van der Waals surface area contributed by atoms with Crippen molar-refractivity contribution in [2.75, 3.05) is 26.7 Å². The molecule has 0 aromatic carbocycles. The Hall–Kier alpha value is -0.870. The Bertz CT molecular complexity index is 207. The Kier molecular flexibility index (Phi) is 4.49. The van der Waals surface area contributed by atoms with Crippen LogP contribution in [0.3, 0.4) is 0 Å². The van der Waals surface area contributed by atoms with Gasteiger partial charge >= 0.3 is 0 Å². The van der Waals surface area contributed by atoms with Crippen molar-refractivity contribution in [3.8, 4) is 0 Å². The Morgan fingerprint density at radius 3 is 2.92 bits per heavy atom. The first-order valence-corrected chi connectivity index (χ1v) is 4.69. The van der Waals surface area contributed by atoms with Gasteiger partial charge in [-0.15, -0.1) is 0 Å². The van der Waals surface area contributed by atoms with Crippen molar-refractivity contribution < 1.29 is 0 Å². The van der Waals surface area contributed by atoms with Crippen LogP contribution in [0.4, 0.5) is 0 Å². The van der Waals surface area contributed by atoms with Crippen molar-refractivity contribution >= 4 is 0 Å². The molecule has 1 aromatic rings. The van der Waals surface area contributed by atoms with E-state index in [1.54, 1.807) is 6.20 Å². The van der Waals surface area contributed by atoms with E-state index in [1.807, 2.05) is 16.9 Å². The Morgan fingerprint density at radius 1 is 1.46 bits per heavy atom. The largest absolute Gasteiger partial charge is 0.330 e. The molecule has 0 saturated carbocycles. The molecule has 2 N–H and O–H groups in total. The summed E-state index contributed by atoms with van der Waals surface area (Å²) in [5.41, 5.74) is 5.42. The molecular weight excluding hydrogens is 164 g/mol. The minimum Gasteiger partial charge on any atom is -0.330 e. The van der Waals surface area contributed by atoms with Gasteiger partial charge in [0.25, 0.3) is 0 Å². The van der Waals surface area contributed by atoms with E-state index in [4.69, 9.17) is 5.73 Å². The van der Waals surface area contributed by atoms with E-state index in [-0.39, 0.29) is 0 Å². The average molecular weight is 182 g/mol. The number of rotatable bonds is 6. The highest BCUT2D eigenvalue weighted by molar-refractivity contribution is 4.77. The molecule has 0 aliphatic rings. The highest BCUT2D eigenvalue weighted by atomic mass is 15.3. The summed E-state index contributed by atoms with van der Waals surface area (Å²) in [7, 11) is 2.11. The number of hydrogen-bond acceptors (Lipinski definition) is 3. The molecule has 4 heteroatoms. The monoisotopic (exact) mass is 182 g/mol. The molecule has 0 spiro atoms. The van der Waals surface area contributed by atoms with Crippen LogP contribution in [0.2, 0.25) is 0 Å². The Labute approximate surface area is 79.3 Å². The van der Waals surface area contributed by atoms with Crippen LogP contribution in [0.15, 0.2) is 18.5 Å². The van der Waals surface area contributed by atoms with Gasteiger partial charge < -0.3 is 10.6 Å². The minimum absolute atomic E-state index is 0.770. The molecule has 0 fully saturated rings. The number of aromatic nitrogens is 2. The highest BCUT2D eigenvalue weighted by Gasteiger charge is 1.97. The fourth-order valence-corrected chi connectivity index (χ4v) is 1.18. The van der Waals surface area contributed by atoms with Crippen LogP contribution in [0.5, 0.6) is 0 Å². The normalized spacial score (nSPS) is 11.0. The van der Waals surface area contributed by atoms with Crippen LogP contribution in [-0.2, 0) is 6.54 Å². The van der Waals surface area contributed by atoms with Gasteiger partial charge in [0.05, 0.1) is 6.54 Å². The van der Waals surface area contributed by atoms with Gasteiger partial charge in [-0.1, -0.05) is 0 Å². The number of nitrogens with zero attached hydrogens (tertiary/aromatic N) is 3. The maximum absolute atomic E-state index is 5.42. The van der Waals surface area contributed by atoms with E-state index in [0.29, 0.717) is 0 Å². The summed E-state index contributed by atoms with van der Waals surface area (Å²) in [6, 6.07) is 1.94. The van der Waals surface area contributed by atoms with Crippen molar-refractivity contribution in [2.45, 2.75) is 13.0 Å². The van der Waals surface area contributed by atoms with E-state index >= 15 is 0 Å². The van der Waals surface area contributed by atoms with Crippen molar-refractivity contribution in [3.05, 3.63) is 18.5 Å². The van der Waals surface area contributed by atoms with E-state index in [1.165, 1.54) is 0 Å². The van der Waals surface area contributed by atoms with Gasteiger partial charge in [-0.2, -0.15) is 5.10 Å². The van der Waals surface area contributed by atoms with Crippen molar-refractivity contribution in [2.24, 2.45) is 5.73 Å². The summed E-state index contributed by atoms with van der Waals surface area (Å²) in [5, 5.41) is 4.13. The van der Waals surface area contributed by atoms with Crippen LogP contribution in [0.1, 0.15) is 6.42 Å². The van der Waals surface area contributed by atoms with E-state index in [2.05, 4.69) is 17.0 Å². The van der Waals surface area contributed by atoms with Crippen molar-refractivity contribution in [1.29, 1.82) is 0 Å². The number of hydrogen-bond donors (Lipinski definition) is 1. The van der Waals surface area contributed by atoms with Gasteiger partial charge in [0, 0.05) is 18.9 Å². The first kappa shape index (κ1) is 10.2. The van der Waals surface area contributed by atoms with E-state index < -0.39 is 0 Å². The molecule has 1 rings (SSSR count). The van der Waals surface area contributed by atoms with Gasteiger partial charge in [0.2, 0.25) is 0 Å². The molecule has 0 aliphatic carbocycles. The lowest BCUT2D eigenvalue weighted by molar-refractivity contribution is 0.310. The first-order valence-electron chi connectivity index (χ1n) is 4.69. The molecule has 0 amide bonds. The molecule has 13 heavy (non-hydrogen) atoms. The third-order valence-corrected chi connectivity index (χ3v) is 2.01. The van der Waals surface area contributed by atoms with Crippen LogP contribution in [0, 0.1) is 0 Å². The second kappa shape index (κ2) is 5.72. The molecule has 0 aliphatic heterocycles. The summed E-state index contributed by atoms with van der Waals surface area (Å²) in [5.74, 6) is 0. The lowest BCUT2D eigenvalue weighted by Crippen LogP contribution is -2.25. The number of nitrogens with two attached hydrogens (primary N) is 1. The third-order valence-electron chi connectivity index (χ3n) is 2.01. The topological polar surface area (TPSA) is 47.1 Å². The molecular formula is C9H18N4. The summed E-state index contributed by atoms with van der Waals surface area (Å²) in [4.78, 5) is 2.27. The lowest BCUT2D eigenvalue weighted by Gasteiger charge is -2.15. The van der Waals surface area contributed by atoms with Crippen molar-refractivity contribution in [3.63, 3.8) is 0 Å². The summed E-state index contributed by atoms with van der Waals surface area (Å²) >= 11 is 0. The van der Waals surface area contributed by atoms with E-state index in [0.717, 1.165) is 32.6 Å². The second-order valence-corrected chi connectivity index (χ2v) is 3.21. The maximum Gasteiger partial charge on any atom is 0.0536 e. The molecule has 0 radical (unpaired) electrons. The van der Waals surface area contributed by atoms with Crippen LogP contribution >= 0.6 is 0 Å². The maximum atomic E-state index is 5.42. The zero-order valence-electron chi connectivity index (χ0n) is 8.19. The average Bonchev–Trinajstić information content (AvgIpc) is 2.64. The van der Waals surface area contributed by atoms with Gasteiger partial charge in [0.1, 0.15) is 0 Å². The SMILES string of the molecule is CN(CCCN)CCn1cccn1. The minimum atomic E-state index is 0.770. The van der Waals surface area contributed by atoms with Gasteiger partial charge in [0.15, 0.2) is 0 Å². The summed E-state index contributed by atoms with van der Waals surface area (Å²) in [6.07, 6.45) is 4.85. The van der Waals surface area contributed by atoms with E-state index in [9.17, 15) is 0 Å². The lowest BCUT2D eigenvalue weighted by atomic mass is 10.4. The van der Waals surface area contributed by atoms with Crippen molar-refractivity contribution in [1.82, 2.24) is 14.7 Å². The Balaban J connectivity index is 2.11. The third kappa shape index (κ3) is 4.05. The Morgan fingerprint density at radius 2 is 2.31 bits per heavy atom. The standard InChI is InChI=1S/C9H18N4/c1-12(6-2-4-10)8-9-13-7-3-5-11-13/h3,5,7H,2,4,6,8-10H2,1H3. The molecule has 1 aromatic heterocycles. The van der Waals surface area contributed by atoms with Crippen LogP contribution < -0.4 is 5.73 Å². The smallest absolute Gasteiger partial charge is 0.0536 e. The van der Waals surface area contributed by atoms with Crippen LogP contribution in [-0.4, -0.2) is 41.4 Å². The molecule has 74 valence electrons. The summed E-state index contributed by atoms with van der Waals surface area (Å²) in [6.45, 7) is 3.82. The molecule has 0 unspecified atom stereocenters. The van der Waals surface area contributed by atoms with Gasteiger partial charge in [-0.3, -0.25) is 4.68 Å². The predicted octanol–water partition coefficient (Wildman–Crippen LogP) is 0.164. The molecule has 0 saturated heterocycles. The molecule has 4 nitrogen and oxygen atoms in total. The fourth-order valence-electron chi connectivity index (χ4n) is 1.18. The predicted molar refractivity (Wildman–Crippen MR) is 53.4 cm³/mol. The zero-order valence-corrected chi connectivity index (χ0v) is 8.19. The van der Waals surface area contributed by atoms with Gasteiger partial charge in [-0.25, -0.2) is 0 Å². The number of likely N-dealkylation sites (N-methyl/N-ethyl adjacent to an activating group) is 1. The zero-order chi connectivity index (χ0) is 9.52. The molecule has 0 atom stereocenters. The van der Waals surface area contributed by atoms with Crippen LogP contribution in [0.25, 0.3) is 0 Å². The highest BCUT2D eigenvalue weighted by Crippen LogP contribution is 1.89. The molecule has 0 bridgehead atoms. The van der Waals surface area contributed by atoms with Gasteiger partial charge in [-0.05, 0) is 32.6 Å². The molecule has 1 heterocycles. The fraction of sp³-hybridized carbons (Fsp3) is 0.667. The summed E-state index contributed by atoms with van der Waals surface area (Å²) < 4.78 is 1.94. The second-order valence-electron chi connectivity index (χ2n) is 3.21. The first-order chi connectivity index (χ1) is 6.33. The quantitative estimate of drug-likeness (QED) is 0.682.